The molecule has 0 spiro atoms. The highest BCUT2D eigenvalue weighted by Gasteiger charge is 2.44. The summed E-state index contributed by atoms with van der Waals surface area (Å²) in [5.41, 5.74) is 0.308. The minimum atomic E-state index is -1.05. The third kappa shape index (κ3) is 4.17. The van der Waals surface area contributed by atoms with E-state index in [1.165, 1.54) is 24.3 Å². The zero-order valence-corrected chi connectivity index (χ0v) is 16.0. The summed E-state index contributed by atoms with van der Waals surface area (Å²) in [7, 11) is 0. The number of rotatable bonds is 7. The van der Waals surface area contributed by atoms with Gasteiger partial charge in [-0.25, -0.2) is 4.79 Å². The second kappa shape index (κ2) is 7.84. The molecule has 0 fully saturated rings. The molecule has 0 saturated heterocycles. The van der Waals surface area contributed by atoms with Crippen molar-refractivity contribution >= 4 is 29.4 Å². The Morgan fingerprint density at radius 3 is 2.07 bits per heavy atom. The van der Waals surface area contributed by atoms with Gasteiger partial charge in [-0.3, -0.25) is 19.3 Å². The van der Waals surface area contributed by atoms with Crippen molar-refractivity contribution in [2.45, 2.75) is 19.4 Å². The predicted octanol–water partition coefficient (Wildman–Crippen LogP) is 2.41. The van der Waals surface area contributed by atoms with Gasteiger partial charge in [0.25, 0.3) is 11.8 Å². The standard InChI is InChI=1S/C21H20N2O6/c1-21(2,23-18(25)15-5-3-4-6-16(15)19(23)26)12-29-11-17(24)22-14-9-7-13(8-10-14)20(27)28/h3-10H,11-12H2,1-2H3,(H,22,24)(H,27,28). The Morgan fingerprint density at radius 2 is 1.55 bits per heavy atom. The van der Waals surface area contributed by atoms with Crippen LogP contribution in [0.2, 0.25) is 0 Å². The van der Waals surface area contributed by atoms with Gasteiger partial charge < -0.3 is 15.2 Å². The van der Waals surface area contributed by atoms with Gasteiger partial charge in [0.2, 0.25) is 5.91 Å². The number of hydrogen-bond acceptors (Lipinski definition) is 5. The highest BCUT2D eigenvalue weighted by atomic mass is 16.5. The number of carbonyl (C=O) groups is 4. The summed E-state index contributed by atoms with van der Waals surface area (Å²) in [6, 6.07) is 12.3. The normalized spacial score (nSPS) is 13.4. The van der Waals surface area contributed by atoms with E-state index in [1.807, 2.05) is 0 Å². The van der Waals surface area contributed by atoms with Crippen LogP contribution >= 0.6 is 0 Å². The number of carbonyl (C=O) groups excluding carboxylic acids is 3. The number of carboxylic acids is 1. The number of ether oxygens (including phenoxy) is 1. The highest BCUT2D eigenvalue weighted by Crippen LogP contribution is 2.29. The molecule has 0 aromatic heterocycles. The van der Waals surface area contributed by atoms with Crippen LogP contribution in [0.3, 0.4) is 0 Å². The Bertz CT molecular complexity index is 946. The molecule has 0 atom stereocenters. The molecular formula is C21H20N2O6. The number of fused-ring (bicyclic) bond motifs is 1. The number of aromatic carboxylic acids is 1. The smallest absolute Gasteiger partial charge is 0.335 e. The topological polar surface area (TPSA) is 113 Å². The number of imide groups is 1. The Morgan fingerprint density at radius 1 is 1.00 bits per heavy atom. The Balaban J connectivity index is 1.55. The van der Waals surface area contributed by atoms with Crippen molar-refractivity contribution < 1.29 is 29.0 Å². The van der Waals surface area contributed by atoms with Gasteiger partial charge in [0.1, 0.15) is 6.61 Å². The number of amides is 3. The second-order valence-corrected chi connectivity index (χ2v) is 7.23. The number of benzene rings is 2. The van der Waals surface area contributed by atoms with Gasteiger partial charge in [0, 0.05) is 5.69 Å². The lowest BCUT2D eigenvalue weighted by molar-refractivity contribution is -0.121. The van der Waals surface area contributed by atoms with Crippen LogP contribution in [0.1, 0.15) is 44.9 Å². The molecule has 29 heavy (non-hydrogen) atoms. The molecule has 0 radical (unpaired) electrons. The molecule has 1 aliphatic rings. The largest absolute Gasteiger partial charge is 0.478 e. The molecule has 0 aliphatic carbocycles. The number of nitrogens with one attached hydrogen (secondary N) is 1. The summed E-state index contributed by atoms with van der Waals surface area (Å²) < 4.78 is 5.45. The number of carboxylic acid groups (broad SMARTS) is 1. The molecule has 0 unspecified atom stereocenters. The molecule has 3 rings (SSSR count). The SMILES string of the molecule is CC(C)(COCC(=O)Nc1ccc(C(=O)O)cc1)N1C(=O)c2ccccc2C1=O. The van der Waals surface area contributed by atoms with Crippen LogP contribution in [0.4, 0.5) is 5.69 Å². The van der Waals surface area contributed by atoms with Gasteiger partial charge in [0.05, 0.1) is 28.8 Å². The fraction of sp³-hybridized carbons (Fsp3) is 0.238. The molecule has 1 aliphatic heterocycles. The van der Waals surface area contributed by atoms with E-state index in [2.05, 4.69) is 5.32 Å². The number of hydrogen-bond donors (Lipinski definition) is 2. The summed E-state index contributed by atoms with van der Waals surface area (Å²) in [6.07, 6.45) is 0. The lowest BCUT2D eigenvalue weighted by Gasteiger charge is -2.33. The third-order valence-electron chi connectivity index (χ3n) is 4.50. The number of nitrogens with zero attached hydrogens (tertiary/aromatic N) is 1. The summed E-state index contributed by atoms with van der Waals surface area (Å²) in [4.78, 5) is 49.2. The maximum atomic E-state index is 12.6. The Kier molecular flexibility index (Phi) is 5.47. The van der Waals surface area contributed by atoms with Crippen molar-refractivity contribution in [2.75, 3.05) is 18.5 Å². The fourth-order valence-electron chi connectivity index (χ4n) is 3.09. The first-order chi connectivity index (χ1) is 13.7. The van der Waals surface area contributed by atoms with E-state index in [0.717, 1.165) is 4.90 Å². The fourth-order valence-corrected chi connectivity index (χ4v) is 3.09. The van der Waals surface area contributed by atoms with Gasteiger partial charge in [0.15, 0.2) is 0 Å². The molecule has 2 aromatic carbocycles. The van der Waals surface area contributed by atoms with Crippen LogP contribution in [0.5, 0.6) is 0 Å². The van der Waals surface area contributed by atoms with Crippen molar-refractivity contribution in [2.24, 2.45) is 0 Å². The van der Waals surface area contributed by atoms with Crippen molar-refractivity contribution in [1.82, 2.24) is 4.90 Å². The van der Waals surface area contributed by atoms with Gasteiger partial charge in [-0.1, -0.05) is 12.1 Å². The zero-order chi connectivity index (χ0) is 21.2. The molecule has 2 aromatic rings. The molecule has 150 valence electrons. The first kappa shape index (κ1) is 20.2. The quantitative estimate of drug-likeness (QED) is 0.695. The zero-order valence-electron chi connectivity index (χ0n) is 16.0. The molecule has 8 heteroatoms. The van der Waals surface area contributed by atoms with Crippen LogP contribution in [-0.2, 0) is 9.53 Å². The minimum absolute atomic E-state index is 0.0240. The maximum absolute atomic E-state index is 12.6. The minimum Gasteiger partial charge on any atom is -0.478 e. The summed E-state index contributed by atoms with van der Waals surface area (Å²) in [5, 5.41) is 11.5. The van der Waals surface area contributed by atoms with Gasteiger partial charge >= 0.3 is 5.97 Å². The summed E-state index contributed by atoms with van der Waals surface area (Å²) >= 11 is 0. The summed E-state index contributed by atoms with van der Waals surface area (Å²) in [6.45, 7) is 3.07. The first-order valence-electron chi connectivity index (χ1n) is 8.89. The van der Waals surface area contributed by atoms with Crippen LogP contribution in [0.25, 0.3) is 0 Å². The van der Waals surface area contributed by atoms with E-state index in [9.17, 15) is 19.2 Å². The molecule has 0 bridgehead atoms. The van der Waals surface area contributed by atoms with E-state index >= 15 is 0 Å². The van der Waals surface area contributed by atoms with Crippen molar-refractivity contribution in [3.05, 3.63) is 65.2 Å². The van der Waals surface area contributed by atoms with Crippen molar-refractivity contribution in [3.8, 4) is 0 Å². The van der Waals surface area contributed by atoms with E-state index in [0.29, 0.717) is 16.8 Å². The first-order valence-corrected chi connectivity index (χ1v) is 8.89. The lowest BCUT2D eigenvalue weighted by Crippen LogP contribution is -2.50. The van der Waals surface area contributed by atoms with Gasteiger partial charge in [-0.2, -0.15) is 0 Å². The van der Waals surface area contributed by atoms with Crippen molar-refractivity contribution in [3.63, 3.8) is 0 Å². The van der Waals surface area contributed by atoms with E-state index in [-0.39, 0.29) is 30.6 Å². The van der Waals surface area contributed by atoms with Crippen LogP contribution < -0.4 is 5.32 Å². The molecular weight excluding hydrogens is 376 g/mol. The third-order valence-corrected chi connectivity index (χ3v) is 4.50. The van der Waals surface area contributed by atoms with Crippen molar-refractivity contribution in [1.29, 1.82) is 0 Å². The highest BCUT2D eigenvalue weighted by molar-refractivity contribution is 6.21. The lowest BCUT2D eigenvalue weighted by atomic mass is 10.0. The van der Waals surface area contributed by atoms with Gasteiger partial charge in [-0.15, -0.1) is 0 Å². The molecule has 3 amide bonds. The van der Waals surface area contributed by atoms with Crippen LogP contribution in [0.15, 0.2) is 48.5 Å². The predicted molar refractivity (Wildman–Crippen MR) is 104 cm³/mol. The van der Waals surface area contributed by atoms with Crippen LogP contribution in [0, 0.1) is 0 Å². The monoisotopic (exact) mass is 396 g/mol. The van der Waals surface area contributed by atoms with E-state index in [4.69, 9.17) is 9.84 Å². The second-order valence-electron chi connectivity index (χ2n) is 7.23. The average Bonchev–Trinajstić information content (AvgIpc) is 2.93. The molecule has 2 N–H and O–H groups in total. The number of anilines is 1. The maximum Gasteiger partial charge on any atom is 0.335 e. The molecule has 0 saturated carbocycles. The average molecular weight is 396 g/mol. The van der Waals surface area contributed by atoms with E-state index in [1.54, 1.807) is 38.1 Å². The molecule has 8 nitrogen and oxygen atoms in total. The van der Waals surface area contributed by atoms with Gasteiger partial charge in [-0.05, 0) is 50.2 Å². The Labute approximate surface area is 167 Å². The molecule has 1 heterocycles. The van der Waals surface area contributed by atoms with Crippen LogP contribution in [-0.4, -0.2) is 52.4 Å². The van der Waals surface area contributed by atoms with E-state index < -0.39 is 17.4 Å². The Hall–Kier alpha value is -3.52. The summed E-state index contributed by atoms with van der Waals surface area (Å²) in [5.74, 6) is -2.27.